The highest BCUT2D eigenvalue weighted by Gasteiger charge is 2.36. The van der Waals surface area contributed by atoms with Crippen LogP contribution in [0.15, 0.2) is 91.0 Å². The number of ether oxygens (including phenoxy) is 2. The van der Waals surface area contributed by atoms with Crippen molar-refractivity contribution in [1.29, 1.82) is 0 Å². The average Bonchev–Trinajstić information content (AvgIpc) is 2.95. The lowest BCUT2D eigenvalue weighted by Crippen LogP contribution is -2.44. The number of carbonyl (C=O) groups excluding carboxylic acids is 1. The van der Waals surface area contributed by atoms with Gasteiger partial charge in [0.1, 0.15) is 18.0 Å². The lowest BCUT2D eigenvalue weighted by atomic mass is 9.74. The van der Waals surface area contributed by atoms with Crippen LogP contribution in [0, 0.1) is 20.8 Å². The molecule has 1 fully saturated rings. The fraction of sp³-hybridized carbons (Fsp3) is 0.342. The Morgan fingerprint density at radius 3 is 2.21 bits per heavy atom. The van der Waals surface area contributed by atoms with Gasteiger partial charge in [-0.05, 0) is 99.4 Å². The Morgan fingerprint density at radius 1 is 0.833 bits per heavy atom. The summed E-state index contributed by atoms with van der Waals surface area (Å²) in [5.74, 6) is 1.35. The summed E-state index contributed by atoms with van der Waals surface area (Å²) in [5.41, 5.74) is 9.40. The van der Waals surface area contributed by atoms with E-state index in [0.717, 1.165) is 17.7 Å². The van der Waals surface area contributed by atoms with Crippen LogP contribution < -0.4 is 4.74 Å². The van der Waals surface area contributed by atoms with Gasteiger partial charge in [0.25, 0.3) is 0 Å². The summed E-state index contributed by atoms with van der Waals surface area (Å²) >= 11 is 0. The largest absolute Gasteiger partial charge is 0.489 e. The molecule has 218 valence electrons. The highest BCUT2D eigenvalue weighted by Crippen LogP contribution is 2.42. The van der Waals surface area contributed by atoms with Crippen LogP contribution in [0.2, 0.25) is 0 Å². The number of nitrogens with zero attached hydrogens (tertiary/aromatic N) is 1. The molecule has 0 spiro atoms. The van der Waals surface area contributed by atoms with Crippen LogP contribution >= 0.6 is 0 Å². The Labute approximate surface area is 251 Å². The first kappa shape index (κ1) is 29.4. The van der Waals surface area contributed by atoms with E-state index in [-0.39, 0.29) is 12.0 Å². The normalized spacial score (nSPS) is 17.1. The molecule has 0 aromatic heterocycles. The van der Waals surface area contributed by atoms with Gasteiger partial charge in [-0.3, -0.25) is 0 Å². The van der Waals surface area contributed by atoms with Gasteiger partial charge in [0.2, 0.25) is 0 Å². The van der Waals surface area contributed by atoms with Crippen molar-refractivity contribution in [3.05, 3.63) is 124 Å². The summed E-state index contributed by atoms with van der Waals surface area (Å²) in [7, 11) is 0. The molecular weight excluding hydrogens is 518 g/mol. The average molecular weight is 562 g/mol. The van der Waals surface area contributed by atoms with E-state index in [4.69, 9.17) is 9.47 Å². The highest BCUT2D eigenvalue weighted by atomic mass is 16.6. The molecule has 0 aliphatic carbocycles. The summed E-state index contributed by atoms with van der Waals surface area (Å²) in [4.78, 5) is 15.1. The summed E-state index contributed by atoms with van der Waals surface area (Å²) in [5, 5.41) is 0. The molecule has 0 bridgehead atoms. The molecule has 42 heavy (non-hydrogen) atoms. The molecule has 1 amide bonds. The molecule has 5 rings (SSSR count). The van der Waals surface area contributed by atoms with Crippen molar-refractivity contribution >= 4 is 6.09 Å². The third-order valence-corrected chi connectivity index (χ3v) is 8.07. The van der Waals surface area contributed by atoms with Crippen molar-refractivity contribution in [3.8, 4) is 16.9 Å². The van der Waals surface area contributed by atoms with Crippen LogP contribution in [-0.2, 0) is 11.3 Å². The van der Waals surface area contributed by atoms with Crippen LogP contribution in [0.5, 0.6) is 5.75 Å². The van der Waals surface area contributed by atoms with Crippen molar-refractivity contribution in [2.75, 3.05) is 13.1 Å². The van der Waals surface area contributed by atoms with E-state index in [1.807, 2.05) is 56.0 Å². The number of hydrogen-bond donors (Lipinski definition) is 0. The maximum atomic E-state index is 13.2. The Kier molecular flexibility index (Phi) is 8.72. The molecule has 1 aliphatic rings. The minimum Gasteiger partial charge on any atom is -0.489 e. The molecule has 2 atom stereocenters. The first-order chi connectivity index (χ1) is 20.1. The van der Waals surface area contributed by atoms with Gasteiger partial charge in [-0.1, -0.05) is 90.0 Å². The second-order valence-corrected chi connectivity index (χ2v) is 12.7. The molecule has 4 aromatic carbocycles. The number of para-hydroxylation sites is 1. The van der Waals surface area contributed by atoms with E-state index < -0.39 is 5.60 Å². The zero-order chi connectivity index (χ0) is 29.9. The first-order valence-electron chi connectivity index (χ1n) is 15.0. The zero-order valence-electron chi connectivity index (χ0n) is 25.8. The second kappa shape index (κ2) is 12.4. The monoisotopic (exact) mass is 561 g/mol. The van der Waals surface area contributed by atoms with Gasteiger partial charge in [-0.2, -0.15) is 0 Å². The Bertz CT molecular complexity index is 1520. The predicted molar refractivity (Wildman–Crippen MR) is 171 cm³/mol. The number of benzene rings is 4. The van der Waals surface area contributed by atoms with Gasteiger partial charge in [0.15, 0.2) is 0 Å². The molecule has 0 unspecified atom stereocenters. The fourth-order valence-corrected chi connectivity index (χ4v) is 6.25. The lowest BCUT2D eigenvalue weighted by Gasteiger charge is -2.40. The SMILES string of the molecule is Cc1cc(C)cc([C@H]2CCN(C(=O)OC(C)(C)C)C[C@@H]2c2ccc(-c3ccccc3COc3ccccc3)cc2C)c1. The summed E-state index contributed by atoms with van der Waals surface area (Å²) in [6.45, 7) is 14.1. The Morgan fingerprint density at radius 2 is 1.52 bits per heavy atom. The molecule has 4 nitrogen and oxygen atoms in total. The van der Waals surface area contributed by atoms with Gasteiger partial charge in [-0.25, -0.2) is 4.79 Å². The van der Waals surface area contributed by atoms with Crippen LogP contribution in [0.25, 0.3) is 11.1 Å². The standard InChI is InChI=1S/C38H43NO3/c1-26-20-27(2)22-31(21-26)35-18-19-39(37(40)42-38(4,5)6)24-36(35)33-17-16-29(23-28(33)3)34-15-11-10-12-30(34)25-41-32-13-8-7-9-14-32/h7-17,20-23,35-36H,18-19,24-25H2,1-6H3/t35-,36-/m1/s1. The van der Waals surface area contributed by atoms with Crippen molar-refractivity contribution in [1.82, 2.24) is 4.90 Å². The van der Waals surface area contributed by atoms with Crippen LogP contribution in [0.4, 0.5) is 4.79 Å². The summed E-state index contributed by atoms with van der Waals surface area (Å²) < 4.78 is 11.9. The molecule has 0 N–H and O–H groups in total. The number of amides is 1. The van der Waals surface area contributed by atoms with Crippen molar-refractivity contribution in [2.45, 2.75) is 72.0 Å². The smallest absolute Gasteiger partial charge is 0.410 e. The number of likely N-dealkylation sites (tertiary alicyclic amines) is 1. The second-order valence-electron chi connectivity index (χ2n) is 12.7. The number of hydrogen-bond acceptors (Lipinski definition) is 3. The Hall–Kier alpha value is -4.05. The molecule has 1 saturated heterocycles. The van der Waals surface area contributed by atoms with Gasteiger partial charge in [-0.15, -0.1) is 0 Å². The van der Waals surface area contributed by atoms with Gasteiger partial charge in [0.05, 0.1) is 0 Å². The van der Waals surface area contributed by atoms with Crippen molar-refractivity contribution in [2.24, 2.45) is 0 Å². The van der Waals surface area contributed by atoms with E-state index in [1.54, 1.807) is 0 Å². The fourth-order valence-electron chi connectivity index (χ4n) is 6.25. The Balaban J connectivity index is 1.46. The number of carbonyl (C=O) groups is 1. The molecule has 1 heterocycles. The third-order valence-electron chi connectivity index (χ3n) is 8.07. The van der Waals surface area contributed by atoms with Gasteiger partial charge in [0, 0.05) is 19.0 Å². The lowest BCUT2D eigenvalue weighted by molar-refractivity contribution is 0.0183. The molecule has 0 saturated carbocycles. The number of piperidine rings is 1. The molecule has 1 aliphatic heterocycles. The quantitative estimate of drug-likeness (QED) is 0.235. The molecular formula is C38H43NO3. The van der Waals surface area contributed by atoms with E-state index >= 15 is 0 Å². The topological polar surface area (TPSA) is 38.8 Å². The van der Waals surface area contributed by atoms with E-state index in [2.05, 4.69) is 81.4 Å². The zero-order valence-corrected chi connectivity index (χ0v) is 25.8. The van der Waals surface area contributed by atoms with Gasteiger partial charge < -0.3 is 14.4 Å². The van der Waals surface area contributed by atoms with E-state index in [9.17, 15) is 4.79 Å². The van der Waals surface area contributed by atoms with Gasteiger partial charge >= 0.3 is 6.09 Å². The molecule has 4 aromatic rings. The minimum absolute atomic E-state index is 0.165. The third kappa shape index (κ3) is 7.05. The van der Waals surface area contributed by atoms with Crippen LogP contribution in [0.1, 0.15) is 72.4 Å². The van der Waals surface area contributed by atoms with Crippen molar-refractivity contribution < 1.29 is 14.3 Å². The van der Waals surface area contributed by atoms with Crippen LogP contribution in [-0.4, -0.2) is 29.7 Å². The van der Waals surface area contributed by atoms with E-state index in [0.29, 0.717) is 25.6 Å². The molecule has 4 heteroatoms. The number of rotatable bonds is 6. The molecule has 0 radical (unpaired) electrons. The summed E-state index contributed by atoms with van der Waals surface area (Å²) in [6.07, 6.45) is 0.668. The van der Waals surface area contributed by atoms with Crippen LogP contribution in [0.3, 0.4) is 0 Å². The highest BCUT2D eigenvalue weighted by molar-refractivity contribution is 5.70. The number of aryl methyl sites for hydroxylation is 3. The predicted octanol–water partition coefficient (Wildman–Crippen LogP) is 9.37. The minimum atomic E-state index is -0.522. The maximum absolute atomic E-state index is 13.2. The van der Waals surface area contributed by atoms with Crippen molar-refractivity contribution in [3.63, 3.8) is 0 Å². The maximum Gasteiger partial charge on any atom is 0.410 e. The van der Waals surface area contributed by atoms with E-state index in [1.165, 1.54) is 38.9 Å². The summed E-state index contributed by atoms with van der Waals surface area (Å²) in [6, 6.07) is 32.1. The first-order valence-corrected chi connectivity index (χ1v) is 15.0.